The second kappa shape index (κ2) is 4.63. The molecule has 0 spiro atoms. The molecule has 0 aliphatic heterocycles. The Morgan fingerprint density at radius 3 is 2.50 bits per heavy atom. The van der Waals surface area contributed by atoms with Crippen LogP contribution in [0.25, 0.3) is 6.08 Å². The average molecular weight is 295 g/mol. The molecule has 0 N–H and O–H groups in total. The Labute approximate surface area is 128 Å². The van der Waals surface area contributed by atoms with Crippen molar-refractivity contribution in [3.05, 3.63) is 57.7 Å². The highest BCUT2D eigenvalue weighted by Gasteiger charge is 2.56. The summed E-state index contributed by atoms with van der Waals surface area (Å²) < 4.78 is 0. The van der Waals surface area contributed by atoms with Gasteiger partial charge in [-0.1, -0.05) is 19.1 Å². The van der Waals surface area contributed by atoms with Crippen LogP contribution in [-0.2, 0) is 4.79 Å². The number of nitro groups is 1. The van der Waals surface area contributed by atoms with Crippen LogP contribution in [0, 0.1) is 39.7 Å². The molecule has 0 amide bonds. The molecule has 4 nitrogen and oxygen atoms in total. The zero-order valence-electron chi connectivity index (χ0n) is 12.3. The molecular formula is C18H17NO3. The van der Waals surface area contributed by atoms with E-state index in [1.807, 2.05) is 6.08 Å². The Bertz CT molecular complexity index is 716. The number of carbonyl (C=O) groups is 1. The second-order valence-electron chi connectivity index (χ2n) is 6.65. The number of hydrogen-bond acceptors (Lipinski definition) is 3. The van der Waals surface area contributed by atoms with Crippen LogP contribution < -0.4 is 0 Å². The molecule has 2 saturated carbocycles. The van der Waals surface area contributed by atoms with Crippen molar-refractivity contribution in [1.82, 2.24) is 0 Å². The molecule has 0 aromatic heterocycles. The van der Waals surface area contributed by atoms with Crippen molar-refractivity contribution >= 4 is 17.5 Å². The van der Waals surface area contributed by atoms with Crippen molar-refractivity contribution in [2.45, 2.75) is 13.3 Å². The molecule has 5 atom stereocenters. The Hall–Kier alpha value is -2.23. The van der Waals surface area contributed by atoms with Crippen molar-refractivity contribution in [2.24, 2.45) is 29.6 Å². The van der Waals surface area contributed by atoms with Crippen molar-refractivity contribution in [3.8, 4) is 0 Å². The van der Waals surface area contributed by atoms with E-state index in [4.69, 9.17) is 0 Å². The molecule has 1 aromatic rings. The Morgan fingerprint density at radius 1 is 1.18 bits per heavy atom. The van der Waals surface area contributed by atoms with E-state index in [0.717, 1.165) is 17.6 Å². The fourth-order valence-electron chi connectivity index (χ4n) is 4.61. The minimum atomic E-state index is -0.409. The third kappa shape index (κ3) is 1.79. The Kier molecular flexibility index (Phi) is 2.83. The molecule has 0 saturated heterocycles. The van der Waals surface area contributed by atoms with E-state index >= 15 is 0 Å². The van der Waals surface area contributed by atoms with Gasteiger partial charge in [-0.25, -0.2) is 0 Å². The Balaban J connectivity index is 1.66. The van der Waals surface area contributed by atoms with Crippen molar-refractivity contribution < 1.29 is 9.72 Å². The lowest BCUT2D eigenvalue weighted by Gasteiger charge is -2.21. The third-order valence-electron chi connectivity index (χ3n) is 5.60. The highest BCUT2D eigenvalue weighted by atomic mass is 16.6. The number of non-ortho nitro benzene ring substituents is 1. The summed E-state index contributed by atoms with van der Waals surface area (Å²) in [5, 5.41) is 10.7. The number of fused-ring (bicyclic) bond motifs is 5. The van der Waals surface area contributed by atoms with E-state index in [1.54, 1.807) is 12.1 Å². The zero-order chi connectivity index (χ0) is 15.4. The van der Waals surface area contributed by atoms with Gasteiger partial charge in [0, 0.05) is 18.1 Å². The molecule has 0 radical (unpaired) electrons. The van der Waals surface area contributed by atoms with Crippen LogP contribution in [0.5, 0.6) is 0 Å². The SMILES string of the molecule is CC1C(=Cc2ccc([N+](=O)[O-])cc2)C(=O)C2C3C=CC(C3)C12. The monoisotopic (exact) mass is 295 g/mol. The van der Waals surface area contributed by atoms with Gasteiger partial charge in [0.1, 0.15) is 0 Å². The number of Topliss-reactive ketones (excluding diaryl/α,β-unsaturated/α-hetero) is 1. The fraction of sp³-hybridized carbons (Fsp3) is 0.389. The largest absolute Gasteiger partial charge is 0.294 e. The predicted molar refractivity (Wildman–Crippen MR) is 83.0 cm³/mol. The number of nitrogens with zero attached hydrogens (tertiary/aromatic N) is 1. The first-order valence-electron chi connectivity index (χ1n) is 7.75. The van der Waals surface area contributed by atoms with Gasteiger partial charge in [-0.3, -0.25) is 14.9 Å². The summed E-state index contributed by atoms with van der Waals surface area (Å²) in [6.45, 7) is 2.15. The van der Waals surface area contributed by atoms with Crippen LogP contribution in [0.1, 0.15) is 18.9 Å². The van der Waals surface area contributed by atoms with Crippen LogP contribution in [-0.4, -0.2) is 10.7 Å². The van der Waals surface area contributed by atoms with Gasteiger partial charge in [0.25, 0.3) is 5.69 Å². The first-order valence-corrected chi connectivity index (χ1v) is 7.75. The minimum absolute atomic E-state index is 0.0760. The topological polar surface area (TPSA) is 60.2 Å². The molecule has 3 aliphatic rings. The average Bonchev–Trinajstić information content (AvgIpc) is 3.17. The van der Waals surface area contributed by atoms with Gasteiger partial charge in [0.15, 0.2) is 5.78 Å². The molecule has 1 aromatic carbocycles. The molecule has 2 bridgehead atoms. The van der Waals surface area contributed by atoms with E-state index in [-0.39, 0.29) is 23.3 Å². The van der Waals surface area contributed by atoms with Gasteiger partial charge in [-0.05, 0) is 59.4 Å². The van der Waals surface area contributed by atoms with Gasteiger partial charge in [-0.15, -0.1) is 0 Å². The first-order chi connectivity index (χ1) is 10.6. The molecule has 0 heterocycles. The maximum Gasteiger partial charge on any atom is 0.269 e. The van der Waals surface area contributed by atoms with Crippen LogP contribution in [0.3, 0.4) is 0 Å². The smallest absolute Gasteiger partial charge is 0.269 e. The number of benzene rings is 1. The van der Waals surface area contributed by atoms with E-state index in [1.165, 1.54) is 12.1 Å². The molecule has 22 heavy (non-hydrogen) atoms. The molecule has 4 heteroatoms. The van der Waals surface area contributed by atoms with Gasteiger partial charge < -0.3 is 0 Å². The minimum Gasteiger partial charge on any atom is -0.294 e. The standard InChI is InChI=1S/C18H17NO3/c1-10-15(8-11-2-6-14(7-3-11)19(21)22)18(20)17-13-5-4-12(9-13)16(10)17/h2-8,10,12-13,16-17H,9H2,1H3. The number of nitro benzene ring substituents is 1. The summed E-state index contributed by atoms with van der Waals surface area (Å²) in [5.74, 6) is 2.14. The summed E-state index contributed by atoms with van der Waals surface area (Å²) in [7, 11) is 0. The van der Waals surface area contributed by atoms with Crippen LogP contribution >= 0.6 is 0 Å². The summed E-state index contributed by atoms with van der Waals surface area (Å²) >= 11 is 0. The molecule has 5 unspecified atom stereocenters. The summed E-state index contributed by atoms with van der Waals surface area (Å²) in [6, 6.07) is 6.41. The van der Waals surface area contributed by atoms with Gasteiger partial charge >= 0.3 is 0 Å². The highest BCUT2D eigenvalue weighted by molar-refractivity contribution is 6.04. The van der Waals surface area contributed by atoms with E-state index in [2.05, 4.69) is 19.1 Å². The molecule has 4 rings (SSSR count). The summed E-state index contributed by atoms with van der Waals surface area (Å²) in [5.41, 5.74) is 1.83. The third-order valence-corrected chi connectivity index (χ3v) is 5.60. The quantitative estimate of drug-likeness (QED) is 0.362. The number of hydrogen-bond donors (Lipinski definition) is 0. The van der Waals surface area contributed by atoms with Crippen molar-refractivity contribution in [3.63, 3.8) is 0 Å². The van der Waals surface area contributed by atoms with Crippen LogP contribution in [0.4, 0.5) is 5.69 Å². The van der Waals surface area contributed by atoms with Gasteiger partial charge in [0.2, 0.25) is 0 Å². The lowest BCUT2D eigenvalue weighted by molar-refractivity contribution is -0.384. The lowest BCUT2D eigenvalue weighted by Crippen LogP contribution is -2.20. The number of carbonyl (C=O) groups excluding carboxylic acids is 1. The molecule has 2 fully saturated rings. The summed E-state index contributed by atoms with van der Waals surface area (Å²) in [6.07, 6.45) is 7.56. The predicted octanol–water partition coefficient (Wildman–Crippen LogP) is 3.64. The second-order valence-corrected chi connectivity index (χ2v) is 6.65. The fourth-order valence-corrected chi connectivity index (χ4v) is 4.61. The molecule has 112 valence electrons. The van der Waals surface area contributed by atoms with E-state index < -0.39 is 4.92 Å². The van der Waals surface area contributed by atoms with Crippen molar-refractivity contribution in [2.75, 3.05) is 0 Å². The molecule has 3 aliphatic carbocycles. The number of ketones is 1. The van der Waals surface area contributed by atoms with Crippen LogP contribution in [0.15, 0.2) is 42.0 Å². The first kappa shape index (κ1) is 13.4. The normalized spacial score (nSPS) is 37.0. The lowest BCUT2D eigenvalue weighted by atomic mass is 9.81. The van der Waals surface area contributed by atoms with Crippen LogP contribution in [0.2, 0.25) is 0 Å². The molecular weight excluding hydrogens is 278 g/mol. The number of rotatable bonds is 2. The maximum atomic E-state index is 12.8. The van der Waals surface area contributed by atoms with Gasteiger partial charge in [0.05, 0.1) is 4.92 Å². The van der Waals surface area contributed by atoms with Crippen molar-refractivity contribution in [1.29, 1.82) is 0 Å². The highest BCUT2D eigenvalue weighted by Crippen LogP contribution is 2.57. The number of allylic oxidation sites excluding steroid dienone is 3. The summed E-state index contributed by atoms with van der Waals surface area (Å²) in [4.78, 5) is 23.0. The van der Waals surface area contributed by atoms with Gasteiger partial charge in [-0.2, -0.15) is 0 Å². The van der Waals surface area contributed by atoms with E-state index in [0.29, 0.717) is 17.8 Å². The zero-order valence-corrected chi connectivity index (χ0v) is 12.3. The Morgan fingerprint density at radius 2 is 1.86 bits per heavy atom. The van der Waals surface area contributed by atoms with E-state index in [9.17, 15) is 14.9 Å². The maximum absolute atomic E-state index is 12.8.